The maximum Gasteiger partial charge on any atom is 0.232 e. The van der Waals surface area contributed by atoms with Gasteiger partial charge in [-0.25, -0.2) is 8.42 Å². The van der Waals surface area contributed by atoms with Crippen molar-refractivity contribution in [2.75, 3.05) is 22.3 Å². The lowest BCUT2D eigenvalue weighted by Gasteiger charge is -2.21. The van der Waals surface area contributed by atoms with E-state index >= 15 is 0 Å². The Morgan fingerprint density at radius 1 is 1.44 bits per heavy atom. The molecular formula is C11H16N2O2S. The lowest BCUT2D eigenvalue weighted by Crippen LogP contribution is -2.19. The maximum atomic E-state index is 11.5. The molecule has 88 valence electrons. The molecule has 2 rings (SSSR count). The van der Waals surface area contributed by atoms with E-state index in [4.69, 9.17) is 0 Å². The zero-order valence-corrected chi connectivity index (χ0v) is 10.1. The number of para-hydroxylation sites is 1. The van der Waals surface area contributed by atoms with Gasteiger partial charge < -0.3 is 5.32 Å². The second kappa shape index (κ2) is 4.33. The Hall–Kier alpha value is -1.23. The summed E-state index contributed by atoms with van der Waals surface area (Å²) >= 11 is 0. The first-order valence-electron chi connectivity index (χ1n) is 5.48. The number of hydrogen-bond donors (Lipinski definition) is 2. The van der Waals surface area contributed by atoms with Crippen LogP contribution in [-0.4, -0.2) is 20.7 Å². The average molecular weight is 240 g/mol. The minimum Gasteiger partial charge on any atom is -0.383 e. The number of rotatable bonds is 3. The van der Waals surface area contributed by atoms with Crippen LogP contribution >= 0.6 is 0 Å². The van der Waals surface area contributed by atoms with Crippen LogP contribution in [0, 0.1) is 0 Å². The van der Waals surface area contributed by atoms with Crippen LogP contribution in [0.1, 0.15) is 18.9 Å². The Labute approximate surface area is 96.1 Å². The molecule has 1 heterocycles. The fraction of sp³-hybridized carbons (Fsp3) is 0.455. The quantitative estimate of drug-likeness (QED) is 0.847. The molecule has 1 aromatic carbocycles. The van der Waals surface area contributed by atoms with Crippen LogP contribution in [0.25, 0.3) is 0 Å². The van der Waals surface area contributed by atoms with Gasteiger partial charge >= 0.3 is 0 Å². The van der Waals surface area contributed by atoms with Gasteiger partial charge in [-0.05, 0) is 31.4 Å². The third-order valence-electron chi connectivity index (χ3n) is 2.72. The second-order valence-electron chi connectivity index (χ2n) is 3.88. The summed E-state index contributed by atoms with van der Waals surface area (Å²) in [7, 11) is -3.20. The third-order valence-corrected chi connectivity index (χ3v) is 4.01. The molecule has 0 aliphatic carbocycles. The van der Waals surface area contributed by atoms with Gasteiger partial charge in [0.15, 0.2) is 0 Å². The van der Waals surface area contributed by atoms with Gasteiger partial charge in [-0.2, -0.15) is 0 Å². The smallest absolute Gasteiger partial charge is 0.232 e. The molecule has 1 aromatic rings. The molecule has 0 amide bonds. The second-order valence-corrected chi connectivity index (χ2v) is 5.89. The summed E-state index contributed by atoms with van der Waals surface area (Å²) < 4.78 is 25.6. The lowest BCUT2D eigenvalue weighted by molar-refractivity contribution is 0.602. The van der Waals surface area contributed by atoms with Gasteiger partial charge in [0.25, 0.3) is 0 Å². The molecule has 16 heavy (non-hydrogen) atoms. The number of hydrogen-bond acceptors (Lipinski definition) is 3. The van der Waals surface area contributed by atoms with Crippen molar-refractivity contribution in [1.82, 2.24) is 0 Å². The largest absolute Gasteiger partial charge is 0.383 e. The van der Waals surface area contributed by atoms with Crippen LogP contribution in [0.2, 0.25) is 0 Å². The van der Waals surface area contributed by atoms with Crippen molar-refractivity contribution in [2.45, 2.75) is 19.8 Å². The van der Waals surface area contributed by atoms with Crippen LogP contribution in [-0.2, 0) is 16.4 Å². The highest BCUT2D eigenvalue weighted by molar-refractivity contribution is 7.92. The molecule has 5 heteroatoms. The van der Waals surface area contributed by atoms with Gasteiger partial charge in [-0.3, -0.25) is 4.72 Å². The lowest BCUT2D eigenvalue weighted by atomic mass is 10.0. The fourth-order valence-electron chi connectivity index (χ4n) is 1.83. The van der Waals surface area contributed by atoms with E-state index in [0.29, 0.717) is 5.69 Å². The highest BCUT2D eigenvalue weighted by atomic mass is 32.2. The van der Waals surface area contributed by atoms with E-state index in [1.807, 2.05) is 12.1 Å². The number of aryl methyl sites for hydroxylation is 1. The fourth-order valence-corrected chi connectivity index (χ4v) is 2.48. The summed E-state index contributed by atoms with van der Waals surface area (Å²) in [5, 5.41) is 3.25. The SMILES string of the molecule is CCS(=O)(=O)Nc1cccc2c1NCCC2. The Balaban J connectivity index is 2.35. The minimum absolute atomic E-state index is 0.0939. The van der Waals surface area contributed by atoms with E-state index in [0.717, 1.165) is 25.1 Å². The zero-order valence-electron chi connectivity index (χ0n) is 9.29. The summed E-state index contributed by atoms with van der Waals surface area (Å²) in [4.78, 5) is 0. The number of anilines is 2. The first-order valence-corrected chi connectivity index (χ1v) is 7.14. The Morgan fingerprint density at radius 2 is 2.25 bits per heavy atom. The molecule has 1 aliphatic heterocycles. The van der Waals surface area contributed by atoms with E-state index < -0.39 is 10.0 Å². The highest BCUT2D eigenvalue weighted by Crippen LogP contribution is 2.30. The summed E-state index contributed by atoms with van der Waals surface area (Å²) in [6.07, 6.45) is 2.10. The van der Waals surface area contributed by atoms with Crippen molar-refractivity contribution >= 4 is 21.4 Å². The first-order chi connectivity index (χ1) is 7.62. The number of benzene rings is 1. The normalized spacial score (nSPS) is 15.1. The standard InChI is InChI=1S/C11H16N2O2S/c1-2-16(14,15)13-10-7-3-5-9-6-4-8-12-11(9)10/h3,5,7,12-13H,2,4,6,8H2,1H3. The molecule has 0 fully saturated rings. The molecule has 0 radical (unpaired) electrons. The van der Waals surface area contributed by atoms with Crippen LogP contribution in [0.4, 0.5) is 11.4 Å². The van der Waals surface area contributed by atoms with Crippen LogP contribution in [0.3, 0.4) is 0 Å². The van der Waals surface area contributed by atoms with Crippen molar-refractivity contribution in [2.24, 2.45) is 0 Å². The molecule has 0 spiro atoms. The predicted molar refractivity (Wildman–Crippen MR) is 66.3 cm³/mol. The van der Waals surface area contributed by atoms with E-state index in [1.165, 1.54) is 5.56 Å². The van der Waals surface area contributed by atoms with Crippen LogP contribution in [0.15, 0.2) is 18.2 Å². The van der Waals surface area contributed by atoms with Gasteiger partial charge in [-0.1, -0.05) is 12.1 Å². The monoisotopic (exact) mass is 240 g/mol. The van der Waals surface area contributed by atoms with Crippen molar-refractivity contribution in [3.8, 4) is 0 Å². The summed E-state index contributed by atoms with van der Waals surface area (Å²) in [6, 6.07) is 5.72. The van der Waals surface area contributed by atoms with E-state index in [1.54, 1.807) is 13.0 Å². The zero-order chi connectivity index (χ0) is 11.6. The van der Waals surface area contributed by atoms with Crippen LogP contribution in [0.5, 0.6) is 0 Å². The van der Waals surface area contributed by atoms with Gasteiger partial charge in [0.1, 0.15) is 0 Å². The highest BCUT2D eigenvalue weighted by Gasteiger charge is 2.15. The summed E-state index contributed by atoms with van der Waals surface area (Å²) in [5.74, 6) is 0.0939. The molecular weight excluding hydrogens is 224 g/mol. The van der Waals surface area contributed by atoms with Gasteiger partial charge in [0.05, 0.1) is 17.1 Å². The Kier molecular flexibility index (Phi) is 3.05. The van der Waals surface area contributed by atoms with Gasteiger partial charge in [-0.15, -0.1) is 0 Å². The molecule has 1 aliphatic rings. The Bertz CT molecular complexity index is 483. The average Bonchev–Trinajstić information content (AvgIpc) is 2.29. The first kappa shape index (κ1) is 11.3. The molecule has 0 saturated heterocycles. The van der Waals surface area contributed by atoms with Crippen LogP contribution < -0.4 is 10.0 Å². The topological polar surface area (TPSA) is 58.2 Å². The molecule has 0 atom stereocenters. The van der Waals surface area contributed by atoms with E-state index in [2.05, 4.69) is 10.0 Å². The molecule has 2 N–H and O–H groups in total. The maximum absolute atomic E-state index is 11.5. The number of sulfonamides is 1. The molecule has 0 saturated carbocycles. The van der Waals surface area contributed by atoms with Crippen molar-refractivity contribution in [3.63, 3.8) is 0 Å². The number of nitrogens with one attached hydrogen (secondary N) is 2. The van der Waals surface area contributed by atoms with Gasteiger partial charge in [0, 0.05) is 6.54 Å². The summed E-state index contributed by atoms with van der Waals surface area (Å²) in [5.41, 5.74) is 2.78. The molecule has 0 unspecified atom stereocenters. The third kappa shape index (κ3) is 2.29. The van der Waals surface area contributed by atoms with E-state index in [9.17, 15) is 8.42 Å². The minimum atomic E-state index is -3.20. The molecule has 0 aromatic heterocycles. The van der Waals surface area contributed by atoms with Crippen molar-refractivity contribution in [3.05, 3.63) is 23.8 Å². The van der Waals surface area contributed by atoms with Crippen molar-refractivity contribution in [1.29, 1.82) is 0 Å². The van der Waals surface area contributed by atoms with Crippen molar-refractivity contribution < 1.29 is 8.42 Å². The van der Waals surface area contributed by atoms with E-state index in [-0.39, 0.29) is 5.75 Å². The number of fused-ring (bicyclic) bond motifs is 1. The molecule has 4 nitrogen and oxygen atoms in total. The molecule has 0 bridgehead atoms. The summed E-state index contributed by atoms with van der Waals surface area (Å²) in [6.45, 7) is 2.53. The Morgan fingerprint density at radius 3 is 3.00 bits per heavy atom. The predicted octanol–water partition coefficient (Wildman–Crippen LogP) is 1.81. The van der Waals surface area contributed by atoms with Gasteiger partial charge in [0.2, 0.25) is 10.0 Å².